The van der Waals surface area contributed by atoms with Gasteiger partial charge in [0.05, 0.1) is 0 Å². The lowest BCUT2D eigenvalue weighted by Gasteiger charge is -2.24. The van der Waals surface area contributed by atoms with Crippen molar-refractivity contribution in [3.8, 4) is 0 Å². The average molecular weight is 245 g/mol. The minimum absolute atomic E-state index is 0.159. The number of nitrogens with zero attached hydrogens (tertiary/aromatic N) is 3. The first kappa shape index (κ1) is 12.1. The van der Waals surface area contributed by atoms with Gasteiger partial charge >= 0.3 is 6.18 Å². The Kier molecular flexibility index (Phi) is 3.22. The number of rotatable bonds is 2. The van der Waals surface area contributed by atoms with E-state index in [0.29, 0.717) is 0 Å². The molecule has 0 aliphatic heterocycles. The number of aromatic nitrogens is 2. The molecule has 0 atom stereocenters. The van der Waals surface area contributed by atoms with Crippen molar-refractivity contribution < 1.29 is 13.2 Å². The lowest BCUT2D eigenvalue weighted by molar-refractivity contribution is -0.141. The molecule has 1 aromatic rings. The molecule has 1 aliphatic carbocycles. The highest BCUT2D eigenvalue weighted by atomic mass is 19.4. The van der Waals surface area contributed by atoms with E-state index < -0.39 is 11.9 Å². The molecule has 0 unspecified atom stereocenters. The van der Waals surface area contributed by atoms with E-state index in [1.807, 2.05) is 0 Å². The van der Waals surface area contributed by atoms with Crippen molar-refractivity contribution in [2.45, 2.75) is 37.9 Å². The SMILES string of the molecule is CN(c1nccc(C(F)(F)F)n1)C1CCCC1. The average Bonchev–Trinajstić information content (AvgIpc) is 2.80. The largest absolute Gasteiger partial charge is 0.433 e. The molecule has 0 amide bonds. The number of hydrogen-bond donors (Lipinski definition) is 0. The second-order valence-electron chi connectivity index (χ2n) is 4.29. The fourth-order valence-corrected chi connectivity index (χ4v) is 2.13. The zero-order chi connectivity index (χ0) is 12.5. The van der Waals surface area contributed by atoms with E-state index in [1.165, 1.54) is 0 Å². The zero-order valence-electron chi connectivity index (χ0n) is 9.54. The smallest absolute Gasteiger partial charge is 0.341 e. The van der Waals surface area contributed by atoms with Crippen molar-refractivity contribution in [3.05, 3.63) is 18.0 Å². The van der Waals surface area contributed by atoms with Crippen LogP contribution in [0.2, 0.25) is 0 Å². The minimum atomic E-state index is -4.41. The van der Waals surface area contributed by atoms with E-state index in [0.717, 1.165) is 37.9 Å². The summed E-state index contributed by atoms with van der Waals surface area (Å²) in [6.07, 6.45) is 0.985. The van der Waals surface area contributed by atoms with Crippen molar-refractivity contribution in [2.24, 2.45) is 0 Å². The Morgan fingerprint density at radius 3 is 2.53 bits per heavy atom. The summed E-state index contributed by atoms with van der Waals surface area (Å²) in [5.74, 6) is 0.159. The molecular weight excluding hydrogens is 231 g/mol. The summed E-state index contributed by atoms with van der Waals surface area (Å²) >= 11 is 0. The predicted molar refractivity (Wildman–Crippen MR) is 57.7 cm³/mol. The molecule has 94 valence electrons. The summed E-state index contributed by atoms with van der Waals surface area (Å²) in [5, 5.41) is 0. The van der Waals surface area contributed by atoms with Crippen LogP contribution in [-0.2, 0) is 6.18 Å². The van der Waals surface area contributed by atoms with E-state index in [1.54, 1.807) is 11.9 Å². The Hall–Kier alpha value is -1.33. The van der Waals surface area contributed by atoms with E-state index in [-0.39, 0.29) is 12.0 Å². The Balaban J connectivity index is 2.20. The third-order valence-electron chi connectivity index (χ3n) is 3.12. The van der Waals surface area contributed by atoms with Crippen molar-refractivity contribution in [1.82, 2.24) is 9.97 Å². The highest BCUT2D eigenvalue weighted by Crippen LogP contribution is 2.29. The molecule has 1 aromatic heterocycles. The second-order valence-corrected chi connectivity index (χ2v) is 4.29. The lowest BCUT2D eigenvalue weighted by Crippen LogP contribution is -2.31. The molecule has 6 heteroatoms. The third-order valence-corrected chi connectivity index (χ3v) is 3.12. The minimum Gasteiger partial charge on any atom is -0.341 e. The first-order valence-corrected chi connectivity index (χ1v) is 5.61. The summed E-state index contributed by atoms with van der Waals surface area (Å²) < 4.78 is 37.5. The summed E-state index contributed by atoms with van der Waals surface area (Å²) in [6, 6.07) is 1.16. The topological polar surface area (TPSA) is 29.0 Å². The second kappa shape index (κ2) is 4.50. The number of alkyl halides is 3. The number of hydrogen-bond acceptors (Lipinski definition) is 3. The summed E-state index contributed by atoms with van der Waals surface area (Å²) in [6.45, 7) is 0. The van der Waals surface area contributed by atoms with E-state index in [9.17, 15) is 13.2 Å². The molecule has 1 saturated carbocycles. The van der Waals surface area contributed by atoms with Gasteiger partial charge in [0.25, 0.3) is 0 Å². The van der Waals surface area contributed by atoms with Crippen molar-refractivity contribution in [1.29, 1.82) is 0 Å². The van der Waals surface area contributed by atoms with Crippen LogP contribution in [0.25, 0.3) is 0 Å². The van der Waals surface area contributed by atoms with Crippen LogP contribution in [0, 0.1) is 0 Å². The van der Waals surface area contributed by atoms with Gasteiger partial charge in [-0.3, -0.25) is 0 Å². The maximum atomic E-state index is 12.5. The molecule has 1 aliphatic rings. The van der Waals surface area contributed by atoms with Crippen LogP contribution in [0.15, 0.2) is 12.3 Å². The predicted octanol–water partition coefficient (Wildman–Crippen LogP) is 2.87. The molecule has 17 heavy (non-hydrogen) atoms. The molecule has 0 N–H and O–H groups in total. The van der Waals surface area contributed by atoms with Crippen LogP contribution in [0.3, 0.4) is 0 Å². The van der Waals surface area contributed by atoms with Crippen molar-refractivity contribution in [2.75, 3.05) is 11.9 Å². The van der Waals surface area contributed by atoms with Crippen LogP contribution in [0.4, 0.5) is 19.1 Å². The highest BCUT2D eigenvalue weighted by molar-refractivity contribution is 5.31. The molecule has 0 radical (unpaired) electrons. The highest BCUT2D eigenvalue weighted by Gasteiger charge is 2.33. The molecule has 3 nitrogen and oxygen atoms in total. The maximum Gasteiger partial charge on any atom is 0.433 e. The normalized spacial score (nSPS) is 17.4. The van der Waals surface area contributed by atoms with Gasteiger partial charge in [-0.15, -0.1) is 0 Å². The van der Waals surface area contributed by atoms with Crippen LogP contribution < -0.4 is 4.90 Å². The fraction of sp³-hybridized carbons (Fsp3) is 0.636. The van der Waals surface area contributed by atoms with Gasteiger partial charge in [-0.05, 0) is 18.9 Å². The van der Waals surface area contributed by atoms with Crippen molar-refractivity contribution in [3.63, 3.8) is 0 Å². The summed E-state index contributed by atoms with van der Waals surface area (Å²) in [4.78, 5) is 9.24. The molecule has 0 bridgehead atoms. The quantitative estimate of drug-likeness (QED) is 0.802. The molecule has 1 heterocycles. The Bertz CT molecular complexity index is 386. The monoisotopic (exact) mass is 245 g/mol. The Morgan fingerprint density at radius 1 is 1.29 bits per heavy atom. The molecule has 1 fully saturated rings. The van der Waals surface area contributed by atoms with Gasteiger partial charge in [-0.1, -0.05) is 12.8 Å². The Labute approximate surface area is 97.7 Å². The van der Waals surface area contributed by atoms with E-state index >= 15 is 0 Å². The molecule has 0 spiro atoms. The van der Waals surface area contributed by atoms with Gasteiger partial charge < -0.3 is 4.90 Å². The molecule has 2 rings (SSSR count). The zero-order valence-corrected chi connectivity index (χ0v) is 9.54. The molecule has 0 saturated heterocycles. The maximum absolute atomic E-state index is 12.5. The fourth-order valence-electron chi connectivity index (χ4n) is 2.13. The van der Waals surface area contributed by atoms with Gasteiger partial charge in [-0.25, -0.2) is 9.97 Å². The first-order valence-electron chi connectivity index (χ1n) is 5.61. The van der Waals surface area contributed by atoms with Gasteiger partial charge in [-0.2, -0.15) is 13.2 Å². The number of anilines is 1. The van der Waals surface area contributed by atoms with Gasteiger partial charge in [0, 0.05) is 19.3 Å². The van der Waals surface area contributed by atoms with E-state index in [2.05, 4.69) is 9.97 Å². The lowest BCUT2D eigenvalue weighted by atomic mass is 10.2. The van der Waals surface area contributed by atoms with Crippen LogP contribution in [0.1, 0.15) is 31.4 Å². The third kappa shape index (κ3) is 2.68. The van der Waals surface area contributed by atoms with Crippen LogP contribution in [-0.4, -0.2) is 23.1 Å². The first-order chi connectivity index (χ1) is 7.98. The molecular formula is C11H14F3N3. The Morgan fingerprint density at radius 2 is 1.94 bits per heavy atom. The van der Waals surface area contributed by atoms with Crippen molar-refractivity contribution >= 4 is 5.95 Å². The van der Waals surface area contributed by atoms with E-state index in [4.69, 9.17) is 0 Å². The van der Waals surface area contributed by atoms with Gasteiger partial charge in [0.15, 0.2) is 0 Å². The molecule has 0 aromatic carbocycles. The standard InChI is InChI=1S/C11H14F3N3/c1-17(8-4-2-3-5-8)10-15-7-6-9(16-10)11(12,13)14/h6-8H,2-5H2,1H3. The van der Waals surface area contributed by atoms with Gasteiger partial charge in [0.1, 0.15) is 5.69 Å². The van der Waals surface area contributed by atoms with Gasteiger partial charge in [0.2, 0.25) is 5.95 Å². The number of halogens is 3. The van der Waals surface area contributed by atoms with Crippen LogP contribution >= 0.6 is 0 Å². The summed E-state index contributed by atoms with van der Waals surface area (Å²) in [5.41, 5.74) is -0.882. The summed E-state index contributed by atoms with van der Waals surface area (Å²) in [7, 11) is 1.76. The van der Waals surface area contributed by atoms with Crippen LogP contribution in [0.5, 0.6) is 0 Å².